The van der Waals surface area contributed by atoms with Gasteiger partial charge >= 0.3 is 5.97 Å². The summed E-state index contributed by atoms with van der Waals surface area (Å²) in [5.74, 6) is -1.05. The van der Waals surface area contributed by atoms with Crippen molar-refractivity contribution in [1.29, 1.82) is 5.41 Å². The molecule has 1 atom stereocenters. The molecule has 2 aromatic carbocycles. The number of hydrogen-bond acceptors (Lipinski definition) is 5. The van der Waals surface area contributed by atoms with Crippen LogP contribution in [0.2, 0.25) is 0 Å². The van der Waals surface area contributed by atoms with E-state index in [1.54, 1.807) is 12.1 Å². The molecule has 3 rings (SSSR count). The monoisotopic (exact) mass is 492 g/mol. The molecule has 0 saturated heterocycles. The lowest BCUT2D eigenvalue weighted by Gasteiger charge is -2.15. The van der Waals surface area contributed by atoms with Gasteiger partial charge in [0.25, 0.3) is 5.91 Å². The molecule has 0 bridgehead atoms. The molecular weight excluding hydrogens is 460 g/mol. The number of carboxylic acid groups (broad SMARTS) is 1. The van der Waals surface area contributed by atoms with Crippen LogP contribution in [0, 0.1) is 5.41 Å². The Bertz CT molecular complexity index is 1230. The van der Waals surface area contributed by atoms with Gasteiger partial charge in [-0.3, -0.25) is 15.0 Å². The van der Waals surface area contributed by atoms with Crippen LogP contribution < -0.4 is 15.8 Å². The number of amidine groups is 1. The molecule has 6 N–H and O–H groups in total. The Morgan fingerprint density at radius 3 is 2.36 bits per heavy atom. The second-order valence-corrected chi connectivity index (χ2v) is 8.77. The standard InChI is InChI=1S/C27H32N4O5/c1-36-25-20-8-5-6-9-21(20)30-24(25)26(33)31-22(27(34)35)16-18-13-11-17(12-14-18)15-19(32)7-3-2-4-10-23(28)29/h5-6,8-9,11-14,22,30H,2-4,7,10,15-16H2,1H3,(H3,28,29)(H,31,33)(H,34,35)/t22-/m0/s1. The van der Waals surface area contributed by atoms with E-state index in [2.05, 4.69) is 10.3 Å². The van der Waals surface area contributed by atoms with Gasteiger partial charge in [-0.25, -0.2) is 4.79 Å². The van der Waals surface area contributed by atoms with Crippen LogP contribution in [-0.4, -0.2) is 46.7 Å². The summed E-state index contributed by atoms with van der Waals surface area (Å²) in [7, 11) is 1.46. The van der Waals surface area contributed by atoms with E-state index in [1.807, 2.05) is 36.4 Å². The number of rotatable bonds is 14. The molecule has 1 heterocycles. The number of aliphatic carboxylic acids is 1. The van der Waals surface area contributed by atoms with Gasteiger partial charge in [0.15, 0.2) is 5.75 Å². The summed E-state index contributed by atoms with van der Waals surface area (Å²) in [5.41, 5.74) is 7.79. The number of carbonyl (C=O) groups is 3. The molecule has 0 saturated carbocycles. The van der Waals surface area contributed by atoms with Crippen molar-refractivity contribution in [3.63, 3.8) is 0 Å². The molecule has 9 heteroatoms. The van der Waals surface area contributed by atoms with E-state index in [-0.39, 0.29) is 23.7 Å². The van der Waals surface area contributed by atoms with Crippen LogP contribution in [0.3, 0.4) is 0 Å². The van der Waals surface area contributed by atoms with Gasteiger partial charge < -0.3 is 25.9 Å². The zero-order valence-corrected chi connectivity index (χ0v) is 20.3. The maximum Gasteiger partial charge on any atom is 0.326 e. The maximum atomic E-state index is 12.9. The number of para-hydroxylation sites is 1. The molecule has 190 valence electrons. The number of amides is 1. The first kappa shape index (κ1) is 26.5. The number of ether oxygens (including phenoxy) is 1. The maximum absolute atomic E-state index is 12.9. The van der Waals surface area contributed by atoms with E-state index in [4.69, 9.17) is 15.9 Å². The molecule has 3 aromatic rings. The van der Waals surface area contributed by atoms with Crippen LogP contribution in [0.4, 0.5) is 0 Å². The van der Waals surface area contributed by atoms with Crippen LogP contribution in [0.15, 0.2) is 48.5 Å². The van der Waals surface area contributed by atoms with Crippen LogP contribution in [0.1, 0.15) is 53.7 Å². The minimum atomic E-state index is -1.15. The van der Waals surface area contributed by atoms with Crippen molar-refractivity contribution < 1.29 is 24.2 Å². The van der Waals surface area contributed by atoms with E-state index in [9.17, 15) is 19.5 Å². The molecule has 0 aliphatic heterocycles. The SMILES string of the molecule is COc1c(C(=O)N[C@@H](Cc2ccc(CC(=O)CCCCCC(=N)N)cc2)C(=O)O)[nH]c2ccccc12. The number of ketones is 1. The zero-order valence-electron chi connectivity index (χ0n) is 20.3. The summed E-state index contributed by atoms with van der Waals surface area (Å²) in [6.45, 7) is 0. The number of nitrogens with one attached hydrogen (secondary N) is 3. The van der Waals surface area contributed by atoms with E-state index >= 15 is 0 Å². The fourth-order valence-corrected chi connectivity index (χ4v) is 4.08. The fraction of sp³-hybridized carbons (Fsp3) is 0.333. The Kier molecular flexibility index (Phi) is 9.21. The largest absolute Gasteiger partial charge is 0.494 e. The second-order valence-electron chi connectivity index (χ2n) is 8.77. The van der Waals surface area contributed by atoms with E-state index < -0.39 is 17.9 Å². The van der Waals surface area contributed by atoms with Crippen molar-refractivity contribution in [3.8, 4) is 5.75 Å². The van der Waals surface area contributed by atoms with E-state index in [1.165, 1.54) is 7.11 Å². The number of Topliss-reactive ketones (excluding diaryl/α,β-unsaturated/α-hetero) is 1. The van der Waals surface area contributed by atoms with Gasteiger partial charge in [0.2, 0.25) is 0 Å². The molecule has 0 aliphatic rings. The summed E-state index contributed by atoms with van der Waals surface area (Å²) in [4.78, 5) is 40.0. The summed E-state index contributed by atoms with van der Waals surface area (Å²) >= 11 is 0. The topological polar surface area (TPSA) is 158 Å². The summed E-state index contributed by atoms with van der Waals surface area (Å²) in [6.07, 6.45) is 3.88. The number of carboxylic acids is 1. The second kappa shape index (κ2) is 12.5. The number of benzene rings is 2. The van der Waals surface area contributed by atoms with E-state index in [0.29, 0.717) is 30.5 Å². The highest BCUT2D eigenvalue weighted by molar-refractivity contribution is 6.04. The average Bonchev–Trinajstić information content (AvgIpc) is 3.23. The first-order valence-electron chi connectivity index (χ1n) is 11.9. The van der Waals surface area contributed by atoms with E-state index in [0.717, 1.165) is 35.8 Å². The van der Waals surface area contributed by atoms with Crippen LogP contribution in [0.5, 0.6) is 5.75 Å². The van der Waals surface area contributed by atoms with Gasteiger partial charge in [0.05, 0.1) is 12.9 Å². The molecule has 0 fully saturated rings. The quantitative estimate of drug-likeness (QED) is 0.131. The third kappa shape index (κ3) is 7.18. The van der Waals surface area contributed by atoms with Crippen molar-refractivity contribution >= 4 is 34.4 Å². The molecular formula is C27H32N4O5. The number of carbonyl (C=O) groups excluding carboxylic acids is 2. The van der Waals surface area contributed by atoms with Crippen molar-refractivity contribution in [2.24, 2.45) is 5.73 Å². The predicted octanol–water partition coefficient (Wildman–Crippen LogP) is 3.60. The smallest absolute Gasteiger partial charge is 0.326 e. The third-order valence-electron chi connectivity index (χ3n) is 5.96. The Hall–Kier alpha value is -4.14. The lowest BCUT2D eigenvalue weighted by molar-refractivity contribution is -0.139. The highest BCUT2D eigenvalue weighted by Crippen LogP contribution is 2.29. The van der Waals surface area contributed by atoms with Gasteiger partial charge in [-0.05, 0) is 36.1 Å². The molecule has 36 heavy (non-hydrogen) atoms. The molecule has 0 spiro atoms. The number of aromatic nitrogens is 1. The summed E-state index contributed by atoms with van der Waals surface area (Å²) in [6, 6.07) is 13.3. The number of nitrogens with two attached hydrogens (primary N) is 1. The molecule has 1 aromatic heterocycles. The van der Waals surface area contributed by atoms with Crippen LogP contribution in [0.25, 0.3) is 10.9 Å². The van der Waals surface area contributed by atoms with Crippen LogP contribution in [-0.2, 0) is 22.4 Å². The Labute approximate surface area is 209 Å². The molecule has 0 radical (unpaired) electrons. The zero-order chi connectivity index (χ0) is 26.1. The number of fused-ring (bicyclic) bond motifs is 1. The van der Waals surface area contributed by atoms with Gasteiger partial charge in [-0.15, -0.1) is 0 Å². The Balaban J connectivity index is 1.57. The third-order valence-corrected chi connectivity index (χ3v) is 5.96. The number of hydrogen-bond donors (Lipinski definition) is 5. The first-order valence-corrected chi connectivity index (χ1v) is 11.9. The minimum Gasteiger partial charge on any atom is -0.494 e. The summed E-state index contributed by atoms with van der Waals surface area (Å²) < 4.78 is 5.39. The van der Waals surface area contributed by atoms with Crippen LogP contribution >= 0.6 is 0 Å². The van der Waals surface area contributed by atoms with Crippen molar-refractivity contribution in [3.05, 3.63) is 65.4 Å². The molecule has 9 nitrogen and oxygen atoms in total. The average molecular weight is 493 g/mol. The first-order chi connectivity index (χ1) is 17.3. The number of aromatic amines is 1. The Morgan fingerprint density at radius 2 is 1.69 bits per heavy atom. The van der Waals surface area contributed by atoms with Crippen molar-refractivity contribution in [1.82, 2.24) is 10.3 Å². The minimum absolute atomic E-state index is 0.0913. The fourth-order valence-electron chi connectivity index (χ4n) is 4.08. The van der Waals surface area contributed by atoms with Crippen molar-refractivity contribution in [2.75, 3.05) is 7.11 Å². The van der Waals surface area contributed by atoms with Gasteiger partial charge in [-0.1, -0.05) is 42.8 Å². The summed E-state index contributed by atoms with van der Waals surface area (Å²) in [5, 5.41) is 20.2. The lowest BCUT2D eigenvalue weighted by Crippen LogP contribution is -2.42. The molecule has 0 unspecified atom stereocenters. The van der Waals surface area contributed by atoms with Crippen molar-refractivity contribution in [2.45, 2.75) is 51.0 Å². The number of unbranched alkanes of at least 4 members (excludes halogenated alkanes) is 2. The predicted molar refractivity (Wildman–Crippen MR) is 138 cm³/mol. The van der Waals surface area contributed by atoms with Gasteiger partial charge in [0, 0.05) is 36.6 Å². The number of methoxy groups -OCH3 is 1. The van der Waals surface area contributed by atoms with Gasteiger partial charge in [-0.2, -0.15) is 0 Å². The Morgan fingerprint density at radius 1 is 1.03 bits per heavy atom. The van der Waals surface area contributed by atoms with Gasteiger partial charge in [0.1, 0.15) is 17.5 Å². The molecule has 1 amide bonds. The lowest BCUT2D eigenvalue weighted by atomic mass is 10.00. The highest BCUT2D eigenvalue weighted by atomic mass is 16.5. The number of H-pyrrole nitrogens is 1. The normalized spacial score (nSPS) is 11.7. The highest BCUT2D eigenvalue weighted by Gasteiger charge is 2.25. The molecule has 0 aliphatic carbocycles.